The molecule has 3 heterocycles. The van der Waals surface area contributed by atoms with Crippen molar-refractivity contribution in [2.75, 3.05) is 17.7 Å². The summed E-state index contributed by atoms with van der Waals surface area (Å²) < 4.78 is 23.4. The zero-order valence-corrected chi connectivity index (χ0v) is 16.4. The summed E-state index contributed by atoms with van der Waals surface area (Å²) in [5.41, 5.74) is 6.16. The number of hydrogen-bond acceptors (Lipinski definition) is 4. The van der Waals surface area contributed by atoms with Gasteiger partial charge in [0.1, 0.15) is 0 Å². The number of H-pyrrole nitrogens is 1. The second kappa shape index (κ2) is 6.72. The van der Waals surface area contributed by atoms with Crippen LogP contribution in [0.1, 0.15) is 60.5 Å². The molecule has 0 radical (unpaired) electrons. The van der Waals surface area contributed by atoms with Crippen LogP contribution in [0, 0.1) is 6.92 Å². The van der Waals surface area contributed by atoms with E-state index in [1.165, 1.54) is 55.3 Å². The molecular weight excluding hydrogens is 346 g/mol. The molecule has 4 rings (SSSR count). The van der Waals surface area contributed by atoms with E-state index < -0.39 is 9.84 Å². The van der Waals surface area contributed by atoms with Gasteiger partial charge in [-0.1, -0.05) is 19.3 Å². The van der Waals surface area contributed by atoms with E-state index in [1.54, 1.807) is 12.3 Å². The zero-order valence-electron chi connectivity index (χ0n) is 15.6. The highest BCUT2D eigenvalue weighted by atomic mass is 32.2. The molecule has 26 heavy (non-hydrogen) atoms. The molecule has 0 unspecified atom stereocenters. The maximum Gasteiger partial charge on any atom is 0.192 e. The molecule has 2 aliphatic rings. The van der Waals surface area contributed by atoms with Crippen LogP contribution in [0.15, 0.2) is 23.4 Å². The number of hydrogen-bond donors (Lipinski definition) is 1. The predicted octanol–water partition coefficient (Wildman–Crippen LogP) is 3.73. The molecule has 1 aliphatic carbocycles. The highest BCUT2D eigenvalue weighted by Gasteiger charge is 2.24. The van der Waals surface area contributed by atoms with E-state index in [9.17, 15) is 8.42 Å². The van der Waals surface area contributed by atoms with Gasteiger partial charge in [-0.05, 0) is 48.9 Å². The van der Waals surface area contributed by atoms with Crippen molar-refractivity contribution in [2.45, 2.75) is 62.9 Å². The Bertz CT molecular complexity index is 911. The summed E-state index contributed by atoms with van der Waals surface area (Å²) >= 11 is 0. The number of nitrogens with zero attached hydrogens (tertiary/aromatic N) is 2. The Balaban J connectivity index is 1.56. The van der Waals surface area contributed by atoms with Gasteiger partial charge < -0.3 is 9.88 Å². The first-order chi connectivity index (χ1) is 12.4. The number of aryl methyl sites for hydroxylation is 1. The summed E-state index contributed by atoms with van der Waals surface area (Å²) in [6, 6.07) is 4.05. The molecule has 0 atom stereocenters. The van der Waals surface area contributed by atoms with Crippen molar-refractivity contribution >= 4 is 15.5 Å². The lowest BCUT2D eigenvalue weighted by molar-refractivity contribution is 0.437. The third-order valence-corrected chi connectivity index (χ3v) is 6.81. The molecule has 140 valence electrons. The summed E-state index contributed by atoms with van der Waals surface area (Å²) in [4.78, 5) is 10.2. The van der Waals surface area contributed by atoms with E-state index in [4.69, 9.17) is 0 Å². The summed E-state index contributed by atoms with van der Waals surface area (Å²) in [5.74, 6) is 0.695. The molecule has 0 spiro atoms. The highest BCUT2D eigenvalue weighted by Crippen LogP contribution is 2.35. The number of fused-ring (bicyclic) bond motifs is 1. The SMILES string of the molecule is Cc1cc(S(C)(=O)=O)ncc1N1CCc2[nH]c(C3CCCCC3)cc2C1. The summed E-state index contributed by atoms with van der Waals surface area (Å²) in [6.45, 7) is 3.75. The maximum absolute atomic E-state index is 11.7. The van der Waals surface area contributed by atoms with Gasteiger partial charge in [0.25, 0.3) is 0 Å². The first-order valence-electron chi connectivity index (χ1n) is 9.54. The number of aromatic amines is 1. The molecule has 2 aromatic heterocycles. The lowest BCUT2D eigenvalue weighted by atomic mass is 9.87. The first-order valence-corrected chi connectivity index (χ1v) is 11.4. The van der Waals surface area contributed by atoms with Gasteiger partial charge in [-0.15, -0.1) is 0 Å². The maximum atomic E-state index is 11.7. The Morgan fingerprint density at radius 3 is 2.65 bits per heavy atom. The number of rotatable bonds is 3. The minimum absolute atomic E-state index is 0.151. The van der Waals surface area contributed by atoms with Gasteiger partial charge >= 0.3 is 0 Å². The van der Waals surface area contributed by atoms with Gasteiger partial charge in [0, 0.05) is 37.2 Å². The summed E-state index contributed by atoms with van der Waals surface area (Å²) in [5, 5.41) is 0.151. The minimum Gasteiger partial charge on any atom is -0.365 e. The van der Waals surface area contributed by atoms with Crippen LogP contribution < -0.4 is 4.90 Å². The van der Waals surface area contributed by atoms with Crippen LogP contribution in [0.3, 0.4) is 0 Å². The van der Waals surface area contributed by atoms with Gasteiger partial charge in [-0.25, -0.2) is 13.4 Å². The monoisotopic (exact) mass is 373 g/mol. The van der Waals surface area contributed by atoms with Crippen LogP contribution in [-0.2, 0) is 22.8 Å². The van der Waals surface area contributed by atoms with Crippen LogP contribution in [0.25, 0.3) is 0 Å². The van der Waals surface area contributed by atoms with Crippen molar-refractivity contribution in [3.8, 4) is 0 Å². The Kier molecular flexibility index (Phi) is 4.55. The summed E-state index contributed by atoms with van der Waals surface area (Å²) in [6.07, 6.45) is 10.6. The molecule has 0 aromatic carbocycles. The smallest absolute Gasteiger partial charge is 0.192 e. The highest BCUT2D eigenvalue weighted by molar-refractivity contribution is 7.90. The third kappa shape index (κ3) is 3.39. The van der Waals surface area contributed by atoms with Gasteiger partial charge in [0.15, 0.2) is 14.9 Å². The molecule has 1 aliphatic heterocycles. The molecule has 1 N–H and O–H groups in total. The van der Waals surface area contributed by atoms with Crippen molar-refractivity contribution < 1.29 is 8.42 Å². The van der Waals surface area contributed by atoms with Crippen molar-refractivity contribution in [1.82, 2.24) is 9.97 Å². The van der Waals surface area contributed by atoms with Crippen LogP contribution in [0.4, 0.5) is 5.69 Å². The van der Waals surface area contributed by atoms with Crippen molar-refractivity contribution in [1.29, 1.82) is 0 Å². The second-order valence-corrected chi connectivity index (χ2v) is 9.78. The van der Waals surface area contributed by atoms with Crippen LogP contribution in [0.2, 0.25) is 0 Å². The topological polar surface area (TPSA) is 66.1 Å². The summed E-state index contributed by atoms with van der Waals surface area (Å²) in [7, 11) is -3.27. The van der Waals surface area contributed by atoms with Crippen molar-refractivity contribution in [3.63, 3.8) is 0 Å². The molecule has 1 fully saturated rings. The number of pyridine rings is 1. The lowest BCUT2D eigenvalue weighted by Gasteiger charge is -2.30. The van der Waals surface area contributed by atoms with Gasteiger partial charge in [-0.2, -0.15) is 0 Å². The Morgan fingerprint density at radius 1 is 1.19 bits per heavy atom. The molecule has 6 heteroatoms. The average molecular weight is 374 g/mol. The largest absolute Gasteiger partial charge is 0.365 e. The Labute approximate surface area is 155 Å². The van der Waals surface area contributed by atoms with Gasteiger partial charge in [0.05, 0.1) is 11.9 Å². The van der Waals surface area contributed by atoms with Gasteiger partial charge in [0.2, 0.25) is 0 Å². The van der Waals surface area contributed by atoms with Crippen LogP contribution >= 0.6 is 0 Å². The van der Waals surface area contributed by atoms with E-state index >= 15 is 0 Å². The first kappa shape index (κ1) is 17.6. The quantitative estimate of drug-likeness (QED) is 0.890. The minimum atomic E-state index is -3.27. The van der Waals surface area contributed by atoms with E-state index in [2.05, 4.69) is 20.9 Å². The number of anilines is 1. The Morgan fingerprint density at radius 2 is 1.96 bits per heavy atom. The molecule has 0 amide bonds. The van der Waals surface area contributed by atoms with E-state index in [0.29, 0.717) is 5.92 Å². The fourth-order valence-electron chi connectivity index (χ4n) is 4.36. The Hall–Kier alpha value is -1.82. The number of aromatic nitrogens is 2. The van der Waals surface area contributed by atoms with E-state index in [0.717, 1.165) is 30.8 Å². The molecule has 1 saturated carbocycles. The number of nitrogens with one attached hydrogen (secondary N) is 1. The fourth-order valence-corrected chi connectivity index (χ4v) is 4.99. The molecule has 5 nitrogen and oxygen atoms in total. The second-order valence-electron chi connectivity index (χ2n) is 7.82. The fraction of sp³-hybridized carbons (Fsp3) is 0.550. The van der Waals surface area contributed by atoms with Crippen molar-refractivity contribution in [2.24, 2.45) is 0 Å². The number of sulfone groups is 1. The molecule has 0 saturated heterocycles. The molecular formula is C20H27N3O2S. The van der Waals surface area contributed by atoms with E-state index in [-0.39, 0.29) is 5.03 Å². The zero-order chi connectivity index (χ0) is 18.3. The lowest BCUT2D eigenvalue weighted by Crippen LogP contribution is -2.30. The van der Waals surface area contributed by atoms with Crippen LogP contribution in [-0.4, -0.2) is 31.2 Å². The van der Waals surface area contributed by atoms with Gasteiger partial charge in [-0.3, -0.25) is 0 Å². The average Bonchev–Trinajstić information content (AvgIpc) is 3.05. The van der Waals surface area contributed by atoms with E-state index in [1.807, 2.05) is 6.92 Å². The molecule has 2 aromatic rings. The standard InChI is InChI=1S/C20H27N3O2S/c1-14-10-20(26(2,24)25)21-12-19(14)23-9-8-17-16(13-23)11-18(22-17)15-6-4-3-5-7-15/h10-12,15,22H,3-9,13H2,1-2H3. The molecule has 0 bridgehead atoms. The van der Waals surface area contributed by atoms with Crippen molar-refractivity contribution in [3.05, 3.63) is 40.8 Å². The third-order valence-electron chi connectivity index (χ3n) is 5.83. The predicted molar refractivity (Wildman–Crippen MR) is 103 cm³/mol. The van der Waals surface area contributed by atoms with Crippen LogP contribution in [0.5, 0.6) is 0 Å². The normalized spacial score (nSPS) is 18.8.